The molecule has 24 heavy (non-hydrogen) atoms. The molecule has 1 aliphatic heterocycles. The third-order valence-electron chi connectivity index (χ3n) is 4.31. The molecule has 0 fully saturated rings. The number of aromatic amines is 2. The van der Waals surface area contributed by atoms with E-state index in [-0.39, 0.29) is 0 Å². The summed E-state index contributed by atoms with van der Waals surface area (Å²) in [6, 6.07) is 5.98. The Hall–Kier alpha value is -3.06. The van der Waals surface area contributed by atoms with Crippen LogP contribution in [-0.4, -0.2) is 43.2 Å². The van der Waals surface area contributed by atoms with Crippen LogP contribution in [0.15, 0.2) is 36.7 Å². The van der Waals surface area contributed by atoms with Gasteiger partial charge in [0, 0.05) is 12.7 Å². The summed E-state index contributed by atoms with van der Waals surface area (Å²) in [7, 11) is 0. The second kappa shape index (κ2) is 5.24. The Kier molecular flexibility index (Phi) is 2.92. The number of hydrogen-bond acceptors (Lipinski definition) is 5. The number of nitrogens with zero attached hydrogens (tertiary/aromatic N) is 4. The maximum Gasteiger partial charge on any atom is 0.161 e. The van der Waals surface area contributed by atoms with Crippen molar-refractivity contribution in [1.29, 1.82) is 0 Å². The molecule has 0 amide bonds. The van der Waals surface area contributed by atoms with Crippen molar-refractivity contribution in [1.82, 2.24) is 35.5 Å². The summed E-state index contributed by atoms with van der Waals surface area (Å²) in [4.78, 5) is 16.8. The molecule has 1 aliphatic rings. The second-order valence-corrected chi connectivity index (χ2v) is 5.83. The molecule has 0 unspecified atom stereocenters. The number of H-pyrrole nitrogens is 2. The Labute approximate surface area is 137 Å². The summed E-state index contributed by atoms with van der Waals surface area (Å²) >= 11 is 0. The Balaban J connectivity index is 1.66. The zero-order valence-corrected chi connectivity index (χ0v) is 12.9. The Morgan fingerprint density at radius 2 is 2.04 bits per heavy atom. The average Bonchev–Trinajstić information content (AvgIpc) is 3.25. The van der Waals surface area contributed by atoms with E-state index in [2.05, 4.69) is 36.5 Å². The van der Waals surface area contributed by atoms with E-state index in [0.29, 0.717) is 5.82 Å². The smallest absolute Gasteiger partial charge is 0.161 e. The summed E-state index contributed by atoms with van der Waals surface area (Å²) < 4.78 is 0. The first-order valence-electron chi connectivity index (χ1n) is 7.94. The van der Waals surface area contributed by atoms with Gasteiger partial charge in [0.05, 0.1) is 22.9 Å². The highest BCUT2D eigenvalue weighted by atomic mass is 15.1. The molecule has 0 saturated heterocycles. The molecule has 0 aromatic carbocycles. The molecule has 5 heterocycles. The molecule has 7 heteroatoms. The predicted molar refractivity (Wildman–Crippen MR) is 92.2 cm³/mol. The second-order valence-electron chi connectivity index (χ2n) is 5.83. The number of pyridine rings is 2. The molecule has 0 spiro atoms. The van der Waals surface area contributed by atoms with Crippen molar-refractivity contribution in [3.05, 3.63) is 42.4 Å². The van der Waals surface area contributed by atoms with Crippen molar-refractivity contribution in [2.75, 3.05) is 13.1 Å². The first-order chi connectivity index (χ1) is 11.9. The van der Waals surface area contributed by atoms with Gasteiger partial charge in [0.15, 0.2) is 11.5 Å². The van der Waals surface area contributed by atoms with Crippen molar-refractivity contribution < 1.29 is 0 Å². The van der Waals surface area contributed by atoms with Crippen LogP contribution in [0, 0.1) is 0 Å². The molecule has 118 valence electrons. The topological polar surface area (TPSA) is 95.2 Å². The maximum absolute atomic E-state index is 4.84. The minimum Gasteiger partial charge on any atom is -0.336 e. The van der Waals surface area contributed by atoms with Gasteiger partial charge in [-0.3, -0.25) is 10.1 Å². The lowest BCUT2D eigenvalue weighted by molar-refractivity contribution is 0.737. The van der Waals surface area contributed by atoms with Crippen LogP contribution in [-0.2, 0) is 0 Å². The molecule has 0 aliphatic carbocycles. The normalized spacial score (nSPS) is 15.1. The minimum absolute atomic E-state index is 0.702. The molecule has 0 bridgehead atoms. The summed E-state index contributed by atoms with van der Waals surface area (Å²) in [5.74, 6) is 0.702. The molecule has 7 nitrogen and oxygen atoms in total. The lowest BCUT2D eigenvalue weighted by Gasteiger charge is -2.13. The third-order valence-corrected chi connectivity index (χ3v) is 4.31. The van der Waals surface area contributed by atoms with Crippen molar-refractivity contribution in [3.63, 3.8) is 0 Å². The van der Waals surface area contributed by atoms with E-state index < -0.39 is 0 Å². The van der Waals surface area contributed by atoms with Gasteiger partial charge in [-0.1, -0.05) is 6.08 Å². The Morgan fingerprint density at radius 1 is 1.04 bits per heavy atom. The number of hydrogen-bond donors (Lipinski definition) is 3. The summed E-state index contributed by atoms with van der Waals surface area (Å²) in [6.07, 6.45) is 6.67. The molecule has 0 saturated carbocycles. The zero-order chi connectivity index (χ0) is 15.9. The average molecular weight is 317 g/mol. The summed E-state index contributed by atoms with van der Waals surface area (Å²) in [5.41, 5.74) is 6.51. The van der Waals surface area contributed by atoms with Gasteiger partial charge < -0.3 is 10.3 Å². The lowest BCUT2D eigenvalue weighted by atomic mass is 10.1. The number of nitrogens with one attached hydrogen (secondary N) is 3. The zero-order valence-electron chi connectivity index (χ0n) is 12.9. The van der Waals surface area contributed by atoms with E-state index in [9.17, 15) is 0 Å². The van der Waals surface area contributed by atoms with Gasteiger partial charge in [0.1, 0.15) is 11.0 Å². The fourth-order valence-corrected chi connectivity index (χ4v) is 3.07. The van der Waals surface area contributed by atoms with Gasteiger partial charge in [-0.15, -0.1) is 0 Å². The molecular weight excluding hydrogens is 302 g/mol. The molecule has 0 radical (unpaired) electrons. The number of rotatable bonds is 2. The Bertz CT molecular complexity index is 1040. The van der Waals surface area contributed by atoms with Crippen molar-refractivity contribution in [2.45, 2.75) is 6.42 Å². The molecular formula is C17H15N7. The van der Waals surface area contributed by atoms with Crippen LogP contribution in [0.5, 0.6) is 0 Å². The van der Waals surface area contributed by atoms with Crippen LogP contribution in [0.1, 0.15) is 12.1 Å². The van der Waals surface area contributed by atoms with E-state index in [1.807, 2.05) is 18.2 Å². The predicted octanol–water partition coefficient (Wildman–Crippen LogP) is 2.27. The van der Waals surface area contributed by atoms with Gasteiger partial charge in [-0.25, -0.2) is 9.97 Å². The van der Waals surface area contributed by atoms with E-state index >= 15 is 0 Å². The van der Waals surface area contributed by atoms with Crippen LogP contribution in [0.4, 0.5) is 0 Å². The quantitative estimate of drug-likeness (QED) is 0.527. The highest BCUT2D eigenvalue weighted by Gasteiger charge is 2.16. The van der Waals surface area contributed by atoms with Gasteiger partial charge in [0.2, 0.25) is 0 Å². The first kappa shape index (κ1) is 13.4. The highest BCUT2D eigenvalue weighted by molar-refractivity contribution is 5.91. The van der Waals surface area contributed by atoms with Crippen molar-refractivity contribution in [3.8, 4) is 11.5 Å². The minimum atomic E-state index is 0.702. The van der Waals surface area contributed by atoms with Crippen LogP contribution < -0.4 is 5.32 Å². The largest absolute Gasteiger partial charge is 0.336 e. The lowest BCUT2D eigenvalue weighted by Crippen LogP contribution is -2.20. The van der Waals surface area contributed by atoms with Crippen molar-refractivity contribution in [2.24, 2.45) is 0 Å². The van der Waals surface area contributed by atoms with Gasteiger partial charge >= 0.3 is 0 Å². The molecule has 5 rings (SSSR count). The van der Waals surface area contributed by atoms with Crippen LogP contribution in [0.25, 0.3) is 39.2 Å². The fraction of sp³-hybridized carbons (Fsp3) is 0.176. The standard InChI is InChI=1S/C17H15N7/c1-2-13-15(20-11(1)10-3-6-18-7-4-10)16(24-23-13)17-21-12-5-8-19-9-14(12)22-17/h1-3,5,8-9,18H,4,6-7H2,(H,21,22)(H,23,24). The van der Waals surface area contributed by atoms with E-state index in [4.69, 9.17) is 4.98 Å². The SMILES string of the molecule is C1=C(c2ccc3[nH]nc(-c4nc5cnccc5[nH]4)c3n2)CCNC1. The van der Waals surface area contributed by atoms with E-state index in [1.54, 1.807) is 12.4 Å². The molecule has 4 aromatic rings. The summed E-state index contributed by atoms with van der Waals surface area (Å²) in [6.45, 7) is 1.88. The Morgan fingerprint density at radius 3 is 2.92 bits per heavy atom. The summed E-state index contributed by atoms with van der Waals surface area (Å²) in [5, 5.41) is 10.8. The van der Waals surface area contributed by atoms with Gasteiger partial charge in [-0.2, -0.15) is 5.10 Å². The molecule has 4 aromatic heterocycles. The first-order valence-corrected chi connectivity index (χ1v) is 7.94. The molecule has 3 N–H and O–H groups in total. The van der Waals surface area contributed by atoms with Crippen LogP contribution in [0.2, 0.25) is 0 Å². The van der Waals surface area contributed by atoms with E-state index in [0.717, 1.165) is 53.0 Å². The molecule has 0 atom stereocenters. The van der Waals surface area contributed by atoms with Crippen molar-refractivity contribution >= 4 is 27.6 Å². The van der Waals surface area contributed by atoms with E-state index in [1.165, 1.54) is 5.57 Å². The number of fused-ring (bicyclic) bond motifs is 2. The van der Waals surface area contributed by atoms with Gasteiger partial charge in [-0.05, 0) is 36.7 Å². The monoisotopic (exact) mass is 317 g/mol. The third kappa shape index (κ3) is 2.10. The number of imidazole rings is 1. The van der Waals surface area contributed by atoms with Crippen LogP contribution >= 0.6 is 0 Å². The fourth-order valence-electron chi connectivity index (χ4n) is 3.07. The number of aromatic nitrogens is 6. The highest BCUT2D eigenvalue weighted by Crippen LogP contribution is 2.27. The maximum atomic E-state index is 4.84. The van der Waals surface area contributed by atoms with Gasteiger partial charge in [0.25, 0.3) is 0 Å². The van der Waals surface area contributed by atoms with Crippen LogP contribution in [0.3, 0.4) is 0 Å².